The van der Waals surface area contributed by atoms with E-state index in [-0.39, 0.29) is 28.5 Å². The minimum atomic E-state index is -0.714. The van der Waals surface area contributed by atoms with Crippen molar-refractivity contribution < 1.29 is 19.2 Å². The molecule has 0 bridgehead atoms. The van der Waals surface area contributed by atoms with Crippen molar-refractivity contribution in [2.75, 3.05) is 13.7 Å². The smallest absolute Gasteiger partial charge is 0.407 e. The van der Waals surface area contributed by atoms with E-state index in [2.05, 4.69) is 15.3 Å². The van der Waals surface area contributed by atoms with Gasteiger partial charge in [-0.3, -0.25) is 14.9 Å². The topological polar surface area (TPSA) is 130 Å². The second-order valence-electron chi connectivity index (χ2n) is 9.59. The SMILES string of the molecule is COC(=O)N[C@H](C(=O)N1CCC[C@H]1c1ncc(-c2ccc([N+](=O)[O-])c(-c3cccc(C)c3)c2)[nH]1)C(C)C. The lowest BCUT2D eigenvalue weighted by Gasteiger charge is -2.30. The molecule has 0 spiro atoms. The van der Waals surface area contributed by atoms with Gasteiger partial charge in [0.25, 0.3) is 5.69 Å². The van der Waals surface area contributed by atoms with Crippen LogP contribution in [-0.2, 0) is 9.53 Å². The zero-order valence-electron chi connectivity index (χ0n) is 21.4. The van der Waals surface area contributed by atoms with Gasteiger partial charge in [0.05, 0.1) is 35.5 Å². The van der Waals surface area contributed by atoms with Crippen LogP contribution < -0.4 is 5.32 Å². The van der Waals surface area contributed by atoms with Crippen molar-refractivity contribution >= 4 is 17.7 Å². The van der Waals surface area contributed by atoms with E-state index in [9.17, 15) is 19.7 Å². The Morgan fingerprint density at radius 1 is 1.22 bits per heavy atom. The first-order valence-corrected chi connectivity index (χ1v) is 12.2. The molecule has 1 aliphatic heterocycles. The molecule has 10 nitrogen and oxygen atoms in total. The van der Waals surface area contributed by atoms with Gasteiger partial charge in [-0.25, -0.2) is 9.78 Å². The van der Waals surface area contributed by atoms with Crippen LogP contribution in [-0.4, -0.2) is 51.5 Å². The van der Waals surface area contributed by atoms with Crippen LogP contribution in [0.2, 0.25) is 0 Å². The number of aromatic nitrogens is 2. The lowest BCUT2D eigenvalue weighted by molar-refractivity contribution is -0.384. The number of carbonyl (C=O) groups is 2. The van der Waals surface area contributed by atoms with Crippen LogP contribution in [0.3, 0.4) is 0 Å². The lowest BCUT2D eigenvalue weighted by Crippen LogP contribution is -2.51. The minimum absolute atomic E-state index is 0.0273. The standard InChI is InChI=1S/C27H31N5O5/c1-16(2)24(30-27(34)37-4)26(33)31-12-6-9-23(31)25-28-15-21(29-25)19-10-11-22(32(35)36)20(14-19)18-8-5-7-17(3)13-18/h5,7-8,10-11,13-16,23-24H,6,9,12H2,1-4H3,(H,28,29)(H,30,34)/t23-,24-/m0/s1. The first kappa shape index (κ1) is 25.9. The molecule has 0 unspecified atom stereocenters. The van der Waals surface area contributed by atoms with Crippen LogP contribution in [0.15, 0.2) is 48.7 Å². The molecule has 10 heteroatoms. The molecule has 1 saturated heterocycles. The third-order valence-corrected chi connectivity index (χ3v) is 6.67. The molecule has 1 fully saturated rings. The molecular weight excluding hydrogens is 474 g/mol. The highest BCUT2D eigenvalue weighted by Gasteiger charge is 2.37. The van der Waals surface area contributed by atoms with E-state index in [4.69, 9.17) is 4.74 Å². The number of H-pyrrole nitrogens is 1. The Balaban J connectivity index is 1.63. The van der Waals surface area contributed by atoms with Gasteiger partial charge in [0.1, 0.15) is 11.9 Å². The number of hydrogen-bond donors (Lipinski definition) is 2. The summed E-state index contributed by atoms with van der Waals surface area (Å²) in [4.78, 5) is 46.2. The molecule has 4 rings (SSSR count). The third-order valence-electron chi connectivity index (χ3n) is 6.67. The molecule has 1 aliphatic rings. The fourth-order valence-electron chi connectivity index (χ4n) is 4.75. The largest absolute Gasteiger partial charge is 0.453 e. The molecule has 2 aromatic carbocycles. The average molecular weight is 506 g/mol. The summed E-state index contributed by atoms with van der Waals surface area (Å²) >= 11 is 0. The Morgan fingerprint density at radius 3 is 2.68 bits per heavy atom. The van der Waals surface area contributed by atoms with E-state index >= 15 is 0 Å². The van der Waals surface area contributed by atoms with Crippen molar-refractivity contribution in [3.63, 3.8) is 0 Å². The Kier molecular flexibility index (Phi) is 7.56. The minimum Gasteiger partial charge on any atom is -0.453 e. The van der Waals surface area contributed by atoms with E-state index in [1.54, 1.807) is 23.2 Å². The number of nitrogens with zero attached hydrogens (tertiary/aromatic N) is 3. The maximum absolute atomic E-state index is 13.4. The van der Waals surface area contributed by atoms with Crippen molar-refractivity contribution in [3.05, 3.63) is 70.2 Å². The molecule has 37 heavy (non-hydrogen) atoms. The number of nitrogens with one attached hydrogen (secondary N) is 2. The number of imidazole rings is 1. The fraction of sp³-hybridized carbons (Fsp3) is 0.370. The van der Waals surface area contributed by atoms with E-state index in [1.807, 2.05) is 45.0 Å². The summed E-state index contributed by atoms with van der Waals surface area (Å²) in [6.45, 7) is 6.24. The first-order chi connectivity index (χ1) is 17.7. The van der Waals surface area contributed by atoms with Crippen molar-refractivity contribution in [1.82, 2.24) is 20.2 Å². The first-order valence-electron chi connectivity index (χ1n) is 12.2. The molecule has 0 aliphatic carbocycles. The fourth-order valence-corrected chi connectivity index (χ4v) is 4.75. The number of carbonyl (C=O) groups excluding carboxylic acids is 2. The Bertz CT molecular complexity index is 1320. The highest BCUT2D eigenvalue weighted by molar-refractivity contribution is 5.86. The average Bonchev–Trinajstić information content (AvgIpc) is 3.56. The normalized spacial score (nSPS) is 16.0. The number of nitro groups is 1. The number of methoxy groups -OCH3 is 1. The molecule has 2 N–H and O–H groups in total. The zero-order chi connectivity index (χ0) is 26.7. The molecule has 3 aromatic rings. The monoisotopic (exact) mass is 505 g/mol. The lowest BCUT2D eigenvalue weighted by atomic mass is 9.98. The summed E-state index contributed by atoms with van der Waals surface area (Å²) in [5.74, 6) is 0.329. The van der Waals surface area contributed by atoms with Gasteiger partial charge >= 0.3 is 6.09 Å². The van der Waals surface area contributed by atoms with Crippen molar-refractivity contribution in [2.24, 2.45) is 5.92 Å². The summed E-state index contributed by atoms with van der Waals surface area (Å²) in [6, 6.07) is 11.6. The van der Waals surface area contributed by atoms with Crippen LogP contribution >= 0.6 is 0 Å². The molecule has 0 saturated carbocycles. The van der Waals surface area contributed by atoms with Crippen LogP contribution in [0.25, 0.3) is 22.4 Å². The number of ether oxygens (including phenoxy) is 1. The number of nitro benzene ring substituents is 1. The second-order valence-corrected chi connectivity index (χ2v) is 9.59. The predicted octanol–water partition coefficient (Wildman–Crippen LogP) is 5.00. The summed E-state index contributed by atoms with van der Waals surface area (Å²) in [5.41, 5.74) is 3.77. The number of aryl methyl sites for hydroxylation is 1. The summed E-state index contributed by atoms with van der Waals surface area (Å²) in [7, 11) is 1.27. The Morgan fingerprint density at radius 2 is 2.00 bits per heavy atom. The van der Waals surface area contributed by atoms with E-state index in [1.165, 1.54) is 13.2 Å². The van der Waals surface area contributed by atoms with Gasteiger partial charge in [0.2, 0.25) is 5.91 Å². The molecule has 194 valence electrons. The third kappa shape index (κ3) is 5.47. The van der Waals surface area contributed by atoms with E-state index in [0.717, 1.165) is 29.5 Å². The maximum Gasteiger partial charge on any atom is 0.407 e. The number of likely N-dealkylation sites (tertiary alicyclic amines) is 1. The van der Waals surface area contributed by atoms with Crippen molar-refractivity contribution in [3.8, 4) is 22.4 Å². The zero-order valence-corrected chi connectivity index (χ0v) is 21.4. The number of hydrogen-bond acceptors (Lipinski definition) is 6. The Labute approximate surface area is 215 Å². The molecular formula is C27H31N5O5. The highest BCUT2D eigenvalue weighted by Crippen LogP contribution is 2.36. The van der Waals surface area contributed by atoms with Crippen LogP contribution in [0, 0.1) is 23.0 Å². The number of aromatic amines is 1. The number of amides is 2. The van der Waals surface area contributed by atoms with Crippen molar-refractivity contribution in [2.45, 2.75) is 45.7 Å². The number of alkyl carbamates (subject to hydrolysis) is 1. The van der Waals surface area contributed by atoms with E-state index in [0.29, 0.717) is 23.6 Å². The summed E-state index contributed by atoms with van der Waals surface area (Å²) < 4.78 is 4.70. The van der Waals surface area contributed by atoms with Gasteiger partial charge in [-0.15, -0.1) is 0 Å². The summed E-state index contributed by atoms with van der Waals surface area (Å²) in [6.07, 6.45) is 2.58. The predicted molar refractivity (Wildman–Crippen MR) is 139 cm³/mol. The van der Waals surface area contributed by atoms with Gasteiger partial charge in [-0.05, 0) is 43.4 Å². The van der Waals surface area contributed by atoms with Crippen LogP contribution in [0.5, 0.6) is 0 Å². The van der Waals surface area contributed by atoms with Crippen LogP contribution in [0.4, 0.5) is 10.5 Å². The molecule has 2 amide bonds. The molecule has 1 aromatic heterocycles. The van der Waals surface area contributed by atoms with Gasteiger partial charge in [-0.1, -0.05) is 43.7 Å². The quantitative estimate of drug-likeness (QED) is 0.343. The van der Waals surface area contributed by atoms with Gasteiger partial charge in [-0.2, -0.15) is 0 Å². The molecule has 2 atom stereocenters. The highest BCUT2D eigenvalue weighted by atomic mass is 16.6. The van der Waals surface area contributed by atoms with E-state index < -0.39 is 12.1 Å². The number of benzene rings is 2. The molecule has 2 heterocycles. The second kappa shape index (κ2) is 10.8. The van der Waals surface area contributed by atoms with Gasteiger partial charge < -0.3 is 19.9 Å². The summed E-state index contributed by atoms with van der Waals surface area (Å²) in [5, 5.41) is 14.4. The van der Waals surface area contributed by atoms with Crippen LogP contribution in [0.1, 0.15) is 44.1 Å². The maximum atomic E-state index is 13.4. The van der Waals surface area contributed by atoms with Crippen molar-refractivity contribution in [1.29, 1.82) is 0 Å². The molecule has 0 radical (unpaired) electrons. The Hall–Kier alpha value is -4.21. The van der Waals surface area contributed by atoms with Gasteiger partial charge in [0.15, 0.2) is 0 Å². The van der Waals surface area contributed by atoms with Gasteiger partial charge in [0, 0.05) is 18.2 Å². The number of rotatable bonds is 7.